The summed E-state index contributed by atoms with van der Waals surface area (Å²) in [5.74, 6) is -0.0902. The van der Waals surface area contributed by atoms with Crippen molar-refractivity contribution in [2.24, 2.45) is 5.92 Å². The van der Waals surface area contributed by atoms with Crippen LogP contribution in [0, 0.1) is 11.7 Å². The van der Waals surface area contributed by atoms with Crippen molar-refractivity contribution >= 4 is 22.9 Å². The number of rotatable bonds is 4. The second-order valence-electron chi connectivity index (χ2n) is 4.86. The molecule has 1 aromatic heterocycles. The highest BCUT2D eigenvalue weighted by Gasteiger charge is 2.14. The van der Waals surface area contributed by atoms with Gasteiger partial charge in [-0.15, -0.1) is 0 Å². The van der Waals surface area contributed by atoms with Crippen LogP contribution in [0.2, 0.25) is 0 Å². The van der Waals surface area contributed by atoms with Gasteiger partial charge in [-0.25, -0.2) is 9.37 Å². The molecule has 1 heterocycles. The minimum atomic E-state index is -0.439. The number of nitrogens with two attached hydrogens (primary N) is 1. The molecule has 0 saturated heterocycles. The highest BCUT2D eigenvalue weighted by molar-refractivity contribution is 5.83. The zero-order valence-corrected chi connectivity index (χ0v) is 11.0. The van der Waals surface area contributed by atoms with Crippen LogP contribution in [0.5, 0.6) is 0 Å². The van der Waals surface area contributed by atoms with Crippen molar-refractivity contribution in [3.8, 4) is 0 Å². The predicted molar refractivity (Wildman–Crippen MR) is 72.0 cm³/mol. The minimum Gasteiger partial charge on any atom is -0.369 e. The van der Waals surface area contributed by atoms with Crippen molar-refractivity contribution in [3.05, 3.63) is 24.0 Å². The Hall–Kier alpha value is -2.11. The Morgan fingerprint density at radius 2 is 2.26 bits per heavy atom. The summed E-state index contributed by atoms with van der Waals surface area (Å²) in [7, 11) is 0. The van der Waals surface area contributed by atoms with Crippen LogP contribution in [0.15, 0.2) is 18.2 Å². The number of hydrogen-bond acceptors (Lipinski definition) is 3. The van der Waals surface area contributed by atoms with Crippen LogP contribution in [0.25, 0.3) is 11.0 Å². The SMILES string of the molecule is CC(C)CNC(=O)Cn1c(N)nc2c(F)cccc21. The fourth-order valence-corrected chi connectivity index (χ4v) is 1.81. The van der Waals surface area contributed by atoms with E-state index in [1.54, 1.807) is 12.1 Å². The molecule has 0 spiro atoms. The summed E-state index contributed by atoms with van der Waals surface area (Å²) in [6.07, 6.45) is 0. The molecule has 19 heavy (non-hydrogen) atoms. The zero-order chi connectivity index (χ0) is 14.0. The number of halogens is 1. The molecule has 0 fully saturated rings. The van der Waals surface area contributed by atoms with Crippen molar-refractivity contribution in [1.29, 1.82) is 0 Å². The normalized spacial score (nSPS) is 11.2. The van der Waals surface area contributed by atoms with Gasteiger partial charge in [-0.3, -0.25) is 4.79 Å². The number of nitrogens with one attached hydrogen (secondary N) is 1. The molecule has 0 aliphatic rings. The average molecular weight is 264 g/mol. The number of nitrogens with zero attached hydrogens (tertiary/aromatic N) is 2. The van der Waals surface area contributed by atoms with E-state index in [2.05, 4.69) is 10.3 Å². The third-order valence-electron chi connectivity index (χ3n) is 2.77. The molecular formula is C13H17FN4O. The molecule has 0 aliphatic heterocycles. The molecule has 5 nitrogen and oxygen atoms in total. The number of amides is 1. The molecule has 0 unspecified atom stereocenters. The van der Waals surface area contributed by atoms with Crippen molar-refractivity contribution < 1.29 is 9.18 Å². The van der Waals surface area contributed by atoms with E-state index in [1.807, 2.05) is 13.8 Å². The second kappa shape index (κ2) is 5.26. The Morgan fingerprint density at radius 1 is 1.53 bits per heavy atom. The molecule has 0 bridgehead atoms. The van der Waals surface area contributed by atoms with E-state index in [-0.39, 0.29) is 23.9 Å². The number of imidazole rings is 1. The van der Waals surface area contributed by atoms with Crippen LogP contribution >= 0.6 is 0 Å². The summed E-state index contributed by atoms with van der Waals surface area (Å²) < 4.78 is 15.0. The van der Waals surface area contributed by atoms with E-state index >= 15 is 0 Å². The molecule has 1 aromatic carbocycles. The number of anilines is 1. The van der Waals surface area contributed by atoms with Gasteiger partial charge < -0.3 is 15.6 Å². The Morgan fingerprint density at radius 3 is 2.95 bits per heavy atom. The highest BCUT2D eigenvalue weighted by Crippen LogP contribution is 2.20. The maximum absolute atomic E-state index is 13.5. The van der Waals surface area contributed by atoms with Gasteiger partial charge in [0.05, 0.1) is 5.52 Å². The van der Waals surface area contributed by atoms with Crippen LogP contribution in [0.1, 0.15) is 13.8 Å². The van der Waals surface area contributed by atoms with E-state index in [1.165, 1.54) is 10.6 Å². The van der Waals surface area contributed by atoms with Gasteiger partial charge in [-0.2, -0.15) is 0 Å². The van der Waals surface area contributed by atoms with Crippen molar-refractivity contribution in [2.75, 3.05) is 12.3 Å². The van der Waals surface area contributed by atoms with Crippen LogP contribution in [0.4, 0.5) is 10.3 Å². The Kier molecular flexibility index (Phi) is 3.69. The van der Waals surface area contributed by atoms with Crippen LogP contribution < -0.4 is 11.1 Å². The second-order valence-corrected chi connectivity index (χ2v) is 4.86. The largest absolute Gasteiger partial charge is 0.369 e. The van der Waals surface area contributed by atoms with Crippen molar-refractivity contribution in [2.45, 2.75) is 20.4 Å². The lowest BCUT2D eigenvalue weighted by molar-refractivity contribution is -0.121. The van der Waals surface area contributed by atoms with Crippen LogP contribution in [-0.4, -0.2) is 22.0 Å². The number of benzene rings is 1. The van der Waals surface area contributed by atoms with Gasteiger partial charge in [-0.05, 0) is 18.1 Å². The fraction of sp³-hybridized carbons (Fsp3) is 0.385. The Labute approximate surface area is 110 Å². The monoisotopic (exact) mass is 264 g/mol. The first-order chi connectivity index (χ1) is 8.99. The predicted octanol–water partition coefficient (Wildman–Crippen LogP) is 1.53. The molecule has 1 amide bonds. The third kappa shape index (κ3) is 2.83. The lowest BCUT2D eigenvalue weighted by atomic mass is 10.2. The Bertz CT molecular complexity index is 606. The molecule has 0 saturated carbocycles. The van der Waals surface area contributed by atoms with Gasteiger partial charge in [-0.1, -0.05) is 19.9 Å². The average Bonchev–Trinajstić information content (AvgIpc) is 2.66. The van der Waals surface area contributed by atoms with E-state index in [0.29, 0.717) is 18.0 Å². The summed E-state index contributed by atoms with van der Waals surface area (Å²) in [5.41, 5.74) is 6.45. The topological polar surface area (TPSA) is 72.9 Å². The molecule has 102 valence electrons. The van der Waals surface area contributed by atoms with Gasteiger partial charge in [0, 0.05) is 6.54 Å². The van der Waals surface area contributed by atoms with Crippen molar-refractivity contribution in [3.63, 3.8) is 0 Å². The van der Waals surface area contributed by atoms with E-state index < -0.39 is 5.82 Å². The van der Waals surface area contributed by atoms with Gasteiger partial charge in [0.2, 0.25) is 11.9 Å². The standard InChI is InChI=1S/C13H17FN4O/c1-8(2)6-16-11(19)7-18-10-5-3-4-9(14)12(10)17-13(18)15/h3-5,8H,6-7H2,1-2H3,(H2,15,17)(H,16,19). The number of hydrogen-bond donors (Lipinski definition) is 2. The molecule has 2 aromatic rings. The van der Waals surface area contributed by atoms with Gasteiger partial charge in [0.15, 0.2) is 5.82 Å². The fourth-order valence-electron chi connectivity index (χ4n) is 1.81. The van der Waals surface area contributed by atoms with E-state index in [4.69, 9.17) is 5.73 Å². The summed E-state index contributed by atoms with van der Waals surface area (Å²) in [4.78, 5) is 15.7. The van der Waals surface area contributed by atoms with Crippen molar-refractivity contribution in [1.82, 2.24) is 14.9 Å². The molecule has 0 atom stereocenters. The minimum absolute atomic E-state index is 0.0402. The zero-order valence-electron chi connectivity index (χ0n) is 11.0. The first-order valence-corrected chi connectivity index (χ1v) is 6.16. The molecular weight excluding hydrogens is 247 g/mol. The van der Waals surface area contributed by atoms with Gasteiger partial charge in [0.1, 0.15) is 12.1 Å². The summed E-state index contributed by atoms with van der Waals surface area (Å²) >= 11 is 0. The maximum Gasteiger partial charge on any atom is 0.240 e. The molecule has 6 heteroatoms. The summed E-state index contributed by atoms with van der Waals surface area (Å²) in [6.45, 7) is 4.66. The Balaban J connectivity index is 2.23. The molecule has 2 rings (SSSR count). The number of carbonyl (C=O) groups is 1. The molecule has 0 radical (unpaired) electrons. The van der Waals surface area contributed by atoms with Crippen LogP contribution in [-0.2, 0) is 11.3 Å². The quantitative estimate of drug-likeness (QED) is 0.879. The number of nitrogen functional groups attached to an aromatic ring is 1. The number of para-hydroxylation sites is 1. The molecule has 3 N–H and O–H groups in total. The number of carbonyl (C=O) groups excluding carboxylic acids is 1. The van der Waals surface area contributed by atoms with E-state index in [9.17, 15) is 9.18 Å². The van der Waals surface area contributed by atoms with E-state index in [0.717, 1.165) is 0 Å². The smallest absolute Gasteiger partial charge is 0.240 e. The lowest BCUT2D eigenvalue weighted by Crippen LogP contribution is -2.30. The first kappa shape index (κ1) is 13.3. The third-order valence-corrected chi connectivity index (χ3v) is 2.77. The first-order valence-electron chi connectivity index (χ1n) is 6.16. The summed E-state index contributed by atoms with van der Waals surface area (Å²) in [5, 5.41) is 2.79. The van der Waals surface area contributed by atoms with Crippen LogP contribution in [0.3, 0.4) is 0 Å². The maximum atomic E-state index is 13.5. The highest BCUT2D eigenvalue weighted by atomic mass is 19.1. The number of aromatic nitrogens is 2. The summed E-state index contributed by atoms with van der Waals surface area (Å²) in [6, 6.07) is 4.58. The van der Waals surface area contributed by atoms with Gasteiger partial charge >= 0.3 is 0 Å². The number of fused-ring (bicyclic) bond motifs is 1. The van der Waals surface area contributed by atoms with Gasteiger partial charge in [0.25, 0.3) is 0 Å². The molecule has 0 aliphatic carbocycles. The lowest BCUT2D eigenvalue weighted by Gasteiger charge is -2.09.